The number of alkyl halides is 3. The number of rotatable bonds is 7. The summed E-state index contributed by atoms with van der Waals surface area (Å²) >= 11 is 0. The molecule has 1 aliphatic heterocycles. The molecule has 2 aromatic heterocycles. The average Bonchev–Trinajstić information content (AvgIpc) is 3.38. The SMILES string of the molecule is Br.Cn1c(C(=O)N2CCN(Cc3ccc(F)cc3)CC2)cc2cc(Oc3ccc(NC(=O)c4ccc(C(F)(F)F)cc4)cn3)ccc21. The van der Waals surface area contributed by atoms with Crippen molar-refractivity contribution in [3.8, 4) is 11.6 Å². The Balaban J connectivity index is 0.00000433. The highest BCUT2D eigenvalue weighted by atomic mass is 79.9. The number of anilines is 1. The summed E-state index contributed by atoms with van der Waals surface area (Å²) in [7, 11) is 1.85. The van der Waals surface area contributed by atoms with Crippen molar-refractivity contribution in [1.29, 1.82) is 0 Å². The maximum atomic E-state index is 13.5. The van der Waals surface area contributed by atoms with Gasteiger partial charge in [0.15, 0.2) is 0 Å². The molecule has 1 fully saturated rings. The number of nitrogens with zero attached hydrogens (tertiary/aromatic N) is 4. The van der Waals surface area contributed by atoms with Crippen LogP contribution in [0.3, 0.4) is 0 Å². The maximum Gasteiger partial charge on any atom is 0.416 e. The van der Waals surface area contributed by atoms with Crippen LogP contribution < -0.4 is 10.1 Å². The predicted molar refractivity (Wildman–Crippen MR) is 175 cm³/mol. The van der Waals surface area contributed by atoms with Crippen LogP contribution in [0.5, 0.6) is 11.6 Å². The van der Waals surface area contributed by atoms with Crippen molar-refractivity contribution in [2.75, 3.05) is 31.5 Å². The molecule has 2 amide bonds. The van der Waals surface area contributed by atoms with Crippen molar-refractivity contribution in [3.05, 3.63) is 119 Å². The van der Waals surface area contributed by atoms with Gasteiger partial charge in [-0.2, -0.15) is 13.2 Å². The molecule has 0 aliphatic carbocycles. The molecule has 1 aliphatic rings. The zero-order chi connectivity index (χ0) is 32.4. The summed E-state index contributed by atoms with van der Waals surface area (Å²) in [5.74, 6) is -0.128. The number of benzene rings is 3. The van der Waals surface area contributed by atoms with Crippen LogP contribution in [0.15, 0.2) is 91.1 Å². The fraction of sp³-hybridized carbons (Fsp3) is 0.206. The van der Waals surface area contributed by atoms with Crippen LogP contribution in [0, 0.1) is 5.82 Å². The summed E-state index contributed by atoms with van der Waals surface area (Å²) < 4.78 is 59.3. The number of piperazine rings is 1. The molecule has 0 radical (unpaired) electrons. The highest BCUT2D eigenvalue weighted by Crippen LogP contribution is 2.30. The van der Waals surface area contributed by atoms with Gasteiger partial charge in [-0.15, -0.1) is 17.0 Å². The lowest BCUT2D eigenvalue weighted by molar-refractivity contribution is -0.137. The Kier molecular flexibility index (Phi) is 9.96. The van der Waals surface area contributed by atoms with Gasteiger partial charge in [-0.1, -0.05) is 12.1 Å². The van der Waals surface area contributed by atoms with Crippen molar-refractivity contribution in [3.63, 3.8) is 0 Å². The smallest absolute Gasteiger partial charge is 0.416 e. The van der Waals surface area contributed by atoms with Gasteiger partial charge in [0.25, 0.3) is 11.8 Å². The number of fused-ring (bicyclic) bond motifs is 1. The molecular weight excluding hydrogens is 682 g/mol. The van der Waals surface area contributed by atoms with Crippen LogP contribution in [0.1, 0.15) is 32.0 Å². The van der Waals surface area contributed by atoms with Crippen LogP contribution in [-0.4, -0.2) is 57.3 Å². The lowest BCUT2D eigenvalue weighted by Gasteiger charge is -2.34. The number of hydrogen-bond acceptors (Lipinski definition) is 5. The largest absolute Gasteiger partial charge is 0.439 e. The van der Waals surface area contributed by atoms with Gasteiger partial charge in [0.2, 0.25) is 5.88 Å². The number of carbonyl (C=O) groups excluding carboxylic acids is 2. The van der Waals surface area contributed by atoms with Crippen molar-refractivity contribution < 1.29 is 31.9 Å². The predicted octanol–water partition coefficient (Wildman–Crippen LogP) is 7.31. The van der Waals surface area contributed by atoms with E-state index in [-0.39, 0.29) is 40.1 Å². The van der Waals surface area contributed by atoms with E-state index >= 15 is 0 Å². The van der Waals surface area contributed by atoms with E-state index in [0.717, 1.165) is 53.8 Å². The lowest BCUT2D eigenvalue weighted by atomic mass is 10.1. The van der Waals surface area contributed by atoms with E-state index in [9.17, 15) is 27.2 Å². The highest BCUT2D eigenvalue weighted by Gasteiger charge is 2.30. The van der Waals surface area contributed by atoms with E-state index in [1.54, 1.807) is 30.3 Å². The van der Waals surface area contributed by atoms with Crippen LogP contribution >= 0.6 is 17.0 Å². The van der Waals surface area contributed by atoms with Gasteiger partial charge in [0.1, 0.15) is 17.3 Å². The van der Waals surface area contributed by atoms with E-state index in [4.69, 9.17) is 4.74 Å². The molecule has 0 saturated carbocycles. The number of hydrogen-bond donors (Lipinski definition) is 1. The van der Waals surface area contributed by atoms with E-state index in [1.165, 1.54) is 18.3 Å². The Bertz CT molecular complexity index is 1870. The first-order chi connectivity index (χ1) is 22.0. The molecule has 1 saturated heterocycles. The third kappa shape index (κ3) is 7.80. The monoisotopic (exact) mass is 711 g/mol. The summed E-state index contributed by atoms with van der Waals surface area (Å²) in [6.45, 7) is 3.31. The molecular formula is C34H30BrF4N5O3. The van der Waals surface area contributed by atoms with E-state index in [2.05, 4.69) is 15.2 Å². The molecule has 13 heteroatoms. The summed E-state index contributed by atoms with van der Waals surface area (Å²) in [6, 6.07) is 20.8. The normalized spacial score (nSPS) is 13.7. The second-order valence-electron chi connectivity index (χ2n) is 11.0. The first kappa shape index (κ1) is 33.6. The number of aromatic nitrogens is 2. The van der Waals surface area contributed by atoms with Gasteiger partial charge in [0.05, 0.1) is 17.4 Å². The van der Waals surface area contributed by atoms with Crippen LogP contribution in [0.25, 0.3) is 10.9 Å². The molecule has 1 N–H and O–H groups in total. The fourth-order valence-corrected chi connectivity index (χ4v) is 5.36. The fourth-order valence-electron chi connectivity index (χ4n) is 5.36. The summed E-state index contributed by atoms with van der Waals surface area (Å²) in [4.78, 5) is 34.2. The molecule has 0 atom stereocenters. The van der Waals surface area contributed by atoms with Crippen LogP contribution in [-0.2, 0) is 19.8 Å². The third-order valence-corrected chi connectivity index (χ3v) is 7.90. The average molecular weight is 713 g/mol. The lowest BCUT2D eigenvalue weighted by Crippen LogP contribution is -2.48. The molecule has 0 spiro atoms. The molecule has 0 unspecified atom stereocenters. The highest BCUT2D eigenvalue weighted by molar-refractivity contribution is 8.93. The summed E-state index contributed by atoms with van der Waals surface area (Å²) in [5, 5.41) is 3.42. The van der Waals surface area contributed by atoms with Gasteiger partial charge in [0, 0.05) is 62.3 Å². The topological polar surface area (TPSA) is 79.7 Å². The zero-order valence-electron chi connectivity index (χ0n) is 25.1. The Labute approximate surface area is 278 Å². The Morgan fingerprint density at radius 3 is 2.23 bits per heavy atom. The van der Waals surface area contributed by atoms with Crippen molar-refractivity contribution >= 4 is 45.4 Å². The molecule has 244 valence electrons. The summed E-state index contributed by atoms with van der Waals surface area (Å²) in [5.41, 5.74) is 2.03. The minimum Gasteiger partial charge on any atom is -0.439 e. The third-order valence-electron chi connectivity index (χ3n) is 7.90. The van der Waals surface area contributed by atoms with Crippen molar-refractivity contribution in [2.45, 2.75) is 12.7 Å². The molecule has 0 bridgehead atoms. The molecule has 3 heterocycles. The molecule has 8 nitrogen and oxygen atoms in total. The number of pyridine rings is 1. The Morgan fingerprint density at radius 2 is 1.60 bits per heavy atom. The number of amides is 2. The van der Waals surface area contributed by atoms with E-state index in [0.29, 0.717) is 36.8 Å². The van der Waals surface area contributed by atoms with Gasteiger partial charge < -0.3 is 19.5 Å². The minimum atomic E-state index is -4.48. The molecule has 6 rings (SSSR count). The quantitative estimate of drug-likeness (QED) is 0.179. The van der Waals surface area contributed by atoms with Crippen LogP contribution in [0.2, 0.25) is 0 Å². The number of halogens is 5. The minimum absolute atomic E-state index is 0. The second-order valence-corrected chi connectivity index (χ2v) is 11.0. The number of ether oxygens (including phenoxy) is 1. The number of carbonyl (C=O) groups is 2. The van der Waals surface area contributed by atoms with E-state index in [1.807, 2.05) is 34.7 Å². The number of aryl methyl sites for hydroxylation is 1. The van der Waals surface area contributed by atoms with E-state index < -0.39 is 17.6 Å². The maximum absolute atomic E-state index is 13.5. The zero-order valence-corrected chi connectivity index (χ0v) is 26.8. The Hall–Kier alpha value is -4.75. The number of nitrogens with one attached hydrogen (secondary N) is 1. The van der Waals surface area contributed by atoms with Gasteiger partial charge in [-0.05, 0) is 72.3 Å². The molecule has 3 aromatic carbocycles. The van der Waals surface area contributed by atoms with Crippen LogP contribution in [0.4, 0.5) is 23.2 Å². The first-order valence-electron chi connectivity index (χ1n) is 14.5. The summed E-state index contributed by atoms with van der Waals surface area (Å²) in [6.07, 6.45) is -3.10. The molecule has 5 aromatic rings. The Morgan fingerprint density at radius 1 is 0.894 bits per heavy atom. The van der Waals surface area contributed by atoms with Gasteiger partial charge in [-0.3, -0.25) is 14.5 Å². The molecule has 47 heavy (non-hydrogen) atoms. The first-order valence-corrected chi connectivity index (χ1v) is 14.5. The van der Waals surface area contributed by atoms with Crippen molar-refractivity contribution in [2.24, 2.45) is 7.05 Å². The standard InChI is InChI=1S/C34H29F4N5O3.BrH/c1-41-29-12-11-28(46-31-13-10-27(20-39-31)40-32(44)23-4-6-25(7-5-23)34(36,37)38)18-24(29)19-30(41)33(45)43-16-14-42(15-17-43)21-22-2-8-26(35)9-3-22;/h2-13,18-20H,14-17,21H2,1H3,(H,40,44);1H. The van der Waals surface area contributed by atoms with Crippen molar-refractivity contribution in [1.82, 2.24) is 19.4 Å². The van der Waals surface area contributed by atoms with Gasteiger partial charge >= 0.3 is 6.18 Å². The van der Waals surface area contributed by atoms with Gasteiger partial charge in [-0.25, -0.2) is 9.37 Å². The second kappa shape index (κ2) is 13.9.